The molecule has 0 radical (unpaired) electrons. The number of benzene rings is 1. The highest BCUT2D eigenvalue weighted by Crippen LogP contribution is 2.40. The second-order valence-corrected chi connectivity index (χ2v) is 10.1. The Morgan fingerprint density at radius 3 is 2.81 bits per heavy atom. The summed E-state index contributed by atoms with van der Waals surface area (Å²) in [6.07, 6.45) is 2.85. The van der Waals surface area contributed by atoms with Crippen molar-refractivity contribution in [3.63, 3.8) is 0 Å². The summed E-state index contributed by atoms with van der Waals surface area (Å²) in [6.45, 7) is 7.18. The molecule has 1 amide bonds. The Kier molecular flexibility index (Phi) is 5.47. The van der Waals surface area contributed by atoms with Gasteiger partial charge in [-0.1, -0.05) is 18.2 Å². The highest BCUT2D eigenvalue weighted by Gasteiger charge is 2.32. The Bertz CT molecular complexity index is 1290. The van der Waals surface area contributed by atoms with Gasteiger partial charge in [-0.25, -0.2) is 9.97 Å². The van der Waals surface area contributed by atoms with Crippen LogP contribution in [0.5, 0.6) is 0 Å². The topological polar surface area (TPSA) is 54.3 Å². The Morgan fingerprint density at radius 1 is 1.22 bits per heavy atom. The van der Waals surface area contributed by atoms with Gasteiger partial charge in [0.2, 0.25) is 0 Å². The number of amides is 1. The molecule has 4 heterocycles. The molecule has 0 saturated carbocycles. The number of carbonyl (C=O) groups excluding carboxylic acids is 1. The zero-order valence-electron chi connectivity index (χ0n) is 19.1. The summed E-state index contributed by atoms with van der Waals surface area (Å²) in [5, 5.41) is 1.13. The third-order valence-corrected chi connectivity index (χ3v) is 7.45. The molecule has 5 rings (SSSR count). The van der Waals surface area contributed by atoms with Gasteiger partial charge >= 0.3 is 0 Å². The lowest BCUT2D eigenvalue weighted by atomic mass is 9.95. The third kappa shape index (κ3) is 3.59. The van der Waals surface area contributed by atoms with Gasteiger partial charge in [-0.05, 0) is 50.6 Å². The Balaban J connectivity index is 1.46. The number of carbonyl (C=O) groups is 1. The molecule has 0 unspecified atom stereocenters. The van der Waals surface area contributed by atoms with Crippen LogP contribution in [-0.4, -0.2) is 57.4 Å². The van der Waals surface area contributed by atoms with Gasteiger partial charge in [-0.3, -0.25) is 9.69 Å². The van der Waals surface area contributed by atoms with E-state index in [4.69, 9.17) is 4.98 Å². The van der Waals surface area contributed by atoms with E-state index in [0.717, 1.165) is 52.5 Å². The maximum Gasteiger partial charge on any atom is 0.263 e. The first-order valence-corrected chi connectivity index (χ1v) is 12.0. The van der Waals surface area contributed by atoms with Crippen LogP contribution in [0.3, 0.4) is 0 Å². The predicted molar refractivity (Wildman–Crippen MR) is 130 cm³/mol. The average molecular weight is 448 g/mol. The average Bonchev–Trinajstić information content (AvgIpc) is 3.47. The molecule has 1 aliphatic heterocycles. The normalized spacial score (nSPS) is 17.1. The van der Waals surface area contributed by atoms with E-state index in [1.165, 1.54) is 22.4 Å². The molecule has 7 heteroatoms. The van der Waals surface area contributed by atoms with Gasteiger partial charge in [0.05, 0.1) is 22.5 Å². The lowest BCUT2D eigenvalue weighted by molar-refractivity contribution is 0.0831. The smallest absolute Gasteiger partial charge is 0.263 e. The minimum absolute atomic E-state index is 0.0723. The number of pyridine rings is 1. The van der Waals surface area contributed by atoms with E-state index >= 15 is 0 Å². The van der Waals surface area contributed by atoms with E-state index in [2.05, 4.69) is 58.6 Å². The number of hydrogen-bond donors (Lipinski definition) is 0. The minimum atomic E-state index is 0.0723. The van der Waals surface area contributed by atoms with Gasteiger partial charge in [0.15, 0.2) is 0 Å². The number of fused-ring (bicyclic) bond motifs is 2. The van der Waals surface area contributed by atoms with E-state index in [0.29, 0.717) is 12.0 Å². The van der Waals surface area contributed by atoms with Crippen LogP contribution in [-0.2, 0) is 6.54 Å². The first-order valence-electron chi connectivity index (χ1n) is 11.2. The van der Waals surface area contributed by atoms with Gasteiger partial charge in [0, 0.05) is 44.2 Å². The standard InChI is InChI=1S/C25H29N5OS/c1-16(2)30-20-10-6-5-9-19(20)27-21(30)15-29-13-11-17(14-29)22-18-8-7-12-26-24(18)32-23(22)25(31)28(3)4/h5-10,12,16-17H,11,13-15H2,1-4H3/t17-/m1/s1. The SMILES string of the molecule is CC(C)n1c(CN2CC[C@@H](c3c(C(=O)N(C)C)sc4ncccc34)C2)nc2ccccc21. The number of hydrogen-bond acceptors (Lipinski definition) is 5. The van der Waals surface area contributed by atoms with Gasteiger partial charge in [0.1, 0.15) is 10.7 Å². The number of nitrogens with zero attached hydrogens (tertiary/aromatic N) is 5. The maximum absolute atomic E-state index is 13.0. The molecule has 166 valence electrons. The highest BCUT2D eigenvalue weighted by molar-refractivity contribution is 7.20. The molecule has 0 bridgehead atoms. The van der Waals surface area contributed by atoms with Crippen LogP contribution in [0.15, 0.2) is 42.6 Å². The van der Waals surface area contributed by atoms with Crippen molar-refractivity contribution in [2.75, 3.05) is 27.2 Å². The molecule has 1 fully saturated rings. The largest absolute Gasteiger partial charge is 0.344 e. The van der Waals surface area contributed by atoms with Crippen molar-refractivity contribution in [3.8, 4) is 0 Å². The van der Waals surface area contributed by atoms with Crippen molar-refractivity contribution in [3.05, 3.63) is 58.9 Å². The predicted octanol–water partition coefficient (Wildman–Crippen LogP) is 4.92. The summed E-state index contributed by atoms with van der Waals surface area (Å²) < 4.78 is 2.35. The van der Waals surface area contributed by atoms with Crippen LogP contribution in [0.2, 0.25) is 0 Å². The zero-order valence-corrected chi connectivity index (χ0v) is 19.9. The summed E-state index contributed by atoms with van der Waals surface area (Å²) >= 11 is 1.52. The zero-order chi connectivity index (χ0) is 22.4. The van der Waals surface area contributed by atoms with Crippen molar-refractivity contribution >= 4 is 38.5 Å². The molecule has 3 aromatic heterocycles. The molecule has 1 aromatic carbocycles. The third-order valence-electron chi connectivity index (χ3n) is 6.34. The fourth-order valence-corrected chi connectivity index (χ4v) is 6.16. The number of aromatic nitrogens is 3. The summed E-state index contributed by atoms with van der Waals surface area (Å²) in [5.41, 5.74) is 3.43. The summed E-state index contributed by atoms with van der Waals surface area (Å²) in [5.74, 6) is 1.51. The first-order chi connectivity index (χ1) is 15.4. The second-order valence-electron chi connectivity index (χ2n) is 9.10. The number of thiophene rings is 1. The van der Waals surface area contributed by atoms with E-state index in [-0.39, 0.29) is 5.91 Å². The van der Waals surface area contributed by atoms with Crippen LogP contribution >= 0.6 is 11.3 Å². The molecule has 1 aliphatic rings. The molecule has 1 saturated heterocycles. The fourth-order valence-electron chi connectivity index (χ4n) is 4.91. The lowest BCUT2D eigenvalue weighted by Crippen LogP contribution is -2.24. The summed E-state index contributed by atoms with van der Waals surface area (Å²) in [6, 6.07) is 12.8. The molecule has 6 nitrogen and oxygen atoms in total. The number of para-hydroxylation sites is 2. The van der Waals surface area contributed by atoms with Gasteiger partial charge in [0.25, 0.3) is 5.91 Å². The monoisotopic (exact) mass is 447 g/mol. The van der Waals surface area contributed by atoms with Crippen LogP contribution in [0.4, 0.5) is 0 Å². The molecule has 0 N–H and O–H groups in total. The highest BCUT2D eigenvalue weighted by atomic mass is 32.1. The van der Waals surface area contributed by atoms with E-state index in [9.17, 15) is 4.79 Å². The van der Waals surface area contributed by atoms with Crippen LogP contribution in [0, 0.1) is 0 Å². The molecular formula is C25H29N5OS. The van der Waals surface area contributed by atoms with Crippen molar-refractivity contribution in [1.29, 1.82) is 0 Å². The van der Waals surface area contributed by atoms with Crippen molar-refractivity contribution in [2.45, 2.75) is 38.8 Å². The molecule has 4 aromatic rings. The molecule has 0 aliphatic carbocycles. The Morgan fingerprint density at radius 2 is 2.03 bits per heavy atom. The number of rotatable bonds is 5. The number of imidazole rings is 1. The Hall–Kier alpha value is -2.77. The molecule has 0 spiro atoms. The van der Waals surface area contributed by atoms with Crippen molar-refractivity contribution < 1.29 is 4.79 Å². The van der Waals surface area contributed by atoms with Gasteiger partial charge < -0.3 is 9.47 Å². The molecular weight excluding hydrogens is 418 g/mol. The van der Waals surface area contributed by atoms with Crippen LogP contribution < -0.4 is 0 Å². The maximum atomic E-state index is 13.0. The first kappa shape index (κ1) is 21.1. The summed E-state index contributed by atoms with van der Waals surface area (Å²) in [4.78, 5) is 28.4. The van der Waals surface area contributed by atoms with Crippen molar-refractivity contribution in [1.82, 2.24) is 24.3 Å². The van der Waals surface area contributed by atoms with Gasteiger partial charge in [-0.2, -0.15) is 0 Å². The Labute approximate surface area is 192 Å². The quantitative estimate of drug-likeness (QED) is 0.436. The minimum Gasteiger partial charge on any atom is -0.344 e. The van der Waals surface area contributed by atoms with E-state index in [1.54, 1.807) is 4.90 Å². The van der Waals surface area contributed by atoms with Crippen LogP contribution in [0.25, 0.3) is 21.3 Å². The van der Waals surface area contributed by atoms with Gasteiger partial charge in [-0.15, -0.1) is 11.3 Å². The fraction of sp³-hybridized carbons (Fsp3) is 0.400. The van der Waals surface area contributed by atoms with Crippen molar-refractivity contribution in [2.24, 2.45) is 0 Å². The van der Waals surface area contributed by atoms with Crippen LogP contribution in [0.1, 0.15) is 53.3 Å². The second kappa shape index (κ2) is 8.30. The molecule has 32 heavy (non-hydrogen) atoms. The molecule has 1 atom stereocenters. The van der Waals surface area contributed by atoms with E-state index < -0.39 is 0 Å². The summed E-state index contributed by atoms with van der Waals surface area (Å²) in [7, 11) is 3.64. The number of likely N-dealkylation sites (tertiary alicyclic amines) is 1. The van der Waals surface area contributed by atoms with E-state index in [1.807, 2.05) is 26.4 Å². The lowest BCUT2D eigenvalue weighted by Gasteiger charge is -2.19.